The standard InChI is InChI=1S/C8H6O4.C6H14.2CH4O/c9-7(10)5-1-2-6(4-3-5)8(11)12;1-3-5-6-4-2;2*1-2/h1-4H,(H,9,10)(H,11,12);3-6H2,1-2H3;2*2H,1H3. The van der Waals surface area contributed by atoms with Crippen LogP contribution in [0.1, 0.15) is 60.2 Å². The smallest absolute Gasteiger partial charge is 0.335 e. The first kappa shape index (κ1) is 25.1. The van der Waals surface area contributed by atoms with E-state index in [-0.39, 0.29) is 11.1 Å². The first-order chi connectivity index (χ1) is 10.5. The molecule has 4 N–H and O–H groups in total. The summed E-state index contributed by atoms with van der Waals surface area (Å²) >= 11 is 0. The fourth-order valence-corrected chi connectivity index (χ4v) is 1.26. The molecular weight excluding hydrogens is 288 g/mol. The predicted molar refractivity (Wildman–Crippen MR) is 86.5 cm³/mol. The van der Waals surface area contributed by atoms with Crippen LogP contribution in [0, 0.1) is 0 Å². The number of hydrogen-bond acceptors (Lipinski definition) is 4. The number of carboxylic acid groups (broad SMARTS) is 2. The van der Waals surface area contributed by atoms with Crippen molar-refractivity contribution in [1.29, 1.82) is 0 Å². The quantitative estimate of drug-likeness (QED) is 0.621. The molecule has 0 aromatic heterocycles. The van der Waals surface area contributed by atoms with Gasteiger partial charge in [0.25, 0.3) is 0 Å². The van der Waals surface area contributed by atoms with E-state index < -0.39 is 11.9 Å². The van der Waals surface area contributed by atoms with E-state index >= 15 is 0 Å². The summed E-state index contributed by atoms with van der Waals surface area (Å²) in [6.45, 7) is 4.46. The summed E-state index contributed by atoms with van der Waals surface area (Å²) in [5, 5.41) is 30.9. The lowest BCUT2D eigenvalue weighted by Gasteiger charge is -1.94. The number of hydrogen-bond donors (Lipinski definition) is 4. The van der Waals surface area contributed by atoms with Crippen LogP contribution in [-0.4, -0.2) is 46.6 Å². The summed E-state index contributed by atoms with van der Waals surface area (Å²) in [4.78, 5) is 20.7. The van der Waals surface area contributed by atoms with Crippen molar-refractivity contribution in [3.05, 3.63) is 35.4 Å². The summed E-state index contributed by atoms with van der Waals surface area (Å²) in [6, 6.07) is 5.02. The van der Waals surface area contributed by atoms with Crippen LogP contribution in [0.15, 0.2) is 24.3 Å². The van der Waals surface area contributed by atoms with Gasteiger partial charge in [0.2, 0.25) is 0 Å². The molecule has 0 amide bonds. The monoisotopic (exact) mass is 316 g/mol. The topological polar surface area (TPSA) is 115 Å². The Hall–Kier alpha value is -1.92. The van der Waals surface area contributed by atoms with Gasteiger partial charge in [-0.3, -0.25) is 0 Å². The lowest BCUT2D eigenvalue weighted by Crippen LogP contribution is -1.99. The Morgan fingerprint density at radius 2 is 0.955 bits per heavy atom. The van der Waals surface area contributed by atoms with Gasteiger partial charge < -0.3 is 20.4 Å². The number of rotatable bonds is 5. The number of carboxylic acids is 2. The Kier molecular flexibility index (Phi) is 21.7. The zero-order valence-electron chi connectivity index (χ0n) is 13.7. The minimum absolute atomic E-state index is 0.0833. The van der Waals surface area contributed by atoms with Crippen molar-refractivity contribution in [2.24, 2.45) is 0 Å². The second-order valence-electron chi connectivity index (χ2n) is 3.89. The van der Waals surface area contributed by atoms with Crippen molar-refractivity contribution < 1.29 is 30.0 Å². The molecule has 0 aliphatic heterocycles. The van der Waals surface area contributed by atoms with Gasteiger partial charge in [0, 0.05) is 14.2 Å². The molecule has 0 saturated carbocycles. The largest absolute Gasteiger partial charge is 0.478 e. The third-order valence-corrected chi connectivity index (χ3v) is 2.34. The molecule has 0 fully saturated rings. The lowest BCUT2D eigenvalue weighted by atomic mass is 10.1. The third kappa shape index (κ3) is 14.5. The van der Waals surface area contributed by atoms with Crippen molar-refractivity contribution in [2.75, 3.05) is 14.2 Å². The number of aromatic carboxylic acids is 2. The third-order valence-electron chi connectivity index (χ3n) is 2.34. The summed E-state index contributed by atoms with van der Waals surface area (Å²) in [5.41, 5.74) is 0.167. The number of carbonyl (C=O) groups is 2. The molecule has 0 aliphatic rings. The van der Waals surface area contributed by atoms with Crippen LogP contribution in [0.5, 0.6) is 0 Å². The van der Waals surface area contributed by atoms with Crippen LogP contribution < -0.4 is 0 Å². The zero-order chi connectivity index (χ0) is 18.0. The van der Waals surface area contributed by atoms with Crippen LogP contribution in [-0.2, 0) is 0 Å². The van der Waals surface area contributed by atoms with Gasteiger partial charge in [0.1, 0.15) is 0 Å². The number of aliphatic hydroxyl groups is 2. The van der Waals surface area contributed by atoms with Crippen LogP contribution in [0.2, 0.25) is 0 Å². The molecule has 6 heteroatoms. The molecule has 22 heavy (non-hydrogen) atoms. The molecule has 0 atom stereocenters. The maximum atomic E-state index is 10.3. The molecule has 0 saturated heterocycles. The van der Waals surface area contributed by atoms with Gasteiger partial charge in [-0.1, -0.05) is 39.5 Å². The molecule has 6 nitrogen and oxygen atoms in total. The van der Waals surface area contributed by atoms with E-state index in [1.54, 1.807) is 0 Å². The number of unbranched alkanes of at least 4 members (excludes halogenated alkanes) is 3. The summed E-state index contributed by atoms with van der Waals surface area (Å²) in [6.07, 6.45) is 5.54. The van der Waals surface area contributed by atoms with Gasteiger partial charge in [-0.25, -0.2) is 9.59 Å². The predicted octanol–water partition coefficient (Wildman–Crippen LogP) is 2.89. The Balaban J connectivity index is -0.000000306. The minimum atomic E-state index is -1.06. The van der Waals surface area contributed by atoms with E-state index in [1.807, 2.05) is 0 Å². The van der Waals surface area contributed by atoms with E-state index in [9.17, 15) is 9.59 Å². The highest BCUT2D eigenvalue weighted by molar-refractivity contribution is 5.91. The maximum Gasteiger partial charge on any atom is 0.335 e. The van der Waals surface area contributed by atoms with Gasteiger partial charge in [-0.15, -0.1) is 0 Å². The summed E-state index contributed by atoms with van der Waals surface area (Å²) < 4.78 is 0. The van der Waals surface area contributed by atoms with Gasteiger partial charge >= 0.3 is 11.9 Å². The van der Waals surface area contributed by atoms with Crippen molar-refractivity contribution in [3.8, 4) is 0 Å². The van der Waals surface area contributed by atoms with Crippen LogP contribution in [0.25, 0.3) is 0 Å². The molecule has 0 heterocycles. The van der Waals surface area contributed by atoms with Gasteiger partial charge in [0.05, 0.1) is 11.1 Å². The molecule has 0 spiro atoms. The van der Waals surface area contributed by atoms with E-state index in [4.69, 9.17) is 20.4 Å². The Bertz CT molecular complexity index is 336. The summed E-state index contributed by atoms with van der Waals surface area (Å²) in [7, 11) is 2.00. The molecule has 0 unspecified atom stereocenters. The lowest BCUT2D eigenvalue weighted by molar-refractivity contribution is 0.0681. The van der Waals surface area contributed by atoms with Crippen molar-refractivity contribution >= 4 is 11.9 Å². The van der Waals surface area contributed by atoms with Gasteiger partial charge in [0.15, 0.2) is 0 Å². The number of benzene rings is 1. The minimum Gasteiger partial charge on any atom is -0.478 e. The second-order valence-corrected chi connectivity index (χ2v) is 3.89. The van der Waals surface area contributed by atoms with Crippen LogP contribution >= 0.6 is 0 Å². The fourth-order valence-electron chi connectivity index (χ4n) is 1.26. The SMILES string of the molecule is CCCCCC.CO.CO.O=C(O)c1ccc(C(=O)O)cc1. The van der Waals surface area contributed by atoms with Gasteiger partial charge in [-0.2, -0.15) is 0 Å². The Morgan fingerprint density at radius 1 is 0.727 bits per heavy atom. The average molecular weight is 316 g/mol. The average Bonchev–Trinajstić information content (AvgIpc) is 2.57. The molecule has 1 aromatic rings. The Labute approximate surface area is 132 Å². The normalized spacial score (nSPS) is 8.09. The molecule has 0 radical (unpaired) electrons. The maximum absolute atomic E-state index is 10.3. The highest BCUT2D eigenvalue weighted by Gasteiger charge is 2.04. The fraction of sp³-hybridized carbons (Fsp3) is 0.500. The van der Waals surface area contributed by atoms with E-state index in [2.05, 4.69) is 13.8 Å². The van der Waals surface area contributed by atoms with E-state index in [0.717, 1.165) is 14.2 Å². The Morgan fingerprint density at radius 3 is 1.09 bits per heavy atom. The van der Waals surface area contributed by atoms with Crippen molar-refractivity contribution in [1.82, 2.24) is 0 Å². The first-order valence-electron chi connectivity index (χ1n) is 6.99. The van der Waals surface area contributed by atoms with Crippen LogP contribution in [0.3, 0.4) is 0 Å². The van der Waals surface area contributed by atoms with Gasteiger partial charge in [-0.05, 0) is 24.3 Å². The van der Waals surface area contributed by atoms with E-state index in [1.165, 1.54) is 49.9 Å². The van der Waals surface area contributed by atoms with Crippen LogP contribution in [0.4, 0.5) is 0 Å². The van der Waals surface area contributed by atoms with E-state index in [0.29, 0.717) is 0 Å². The summed E-state index contributed by atoms with van der Waals surface area (Å²) in [5.74, 6) is -2.13. The molecule has 0 aliphatic carbocycles. The van der Waals surface area contributed by atoms with Crippen molar-refractivity contribution in [3.63, 3.8) is 0 Å². The molecule has 128 valence electrons. The van der Waals surface area contributed by atoms with Crippen molar-refractivity contribution in [2.45, 2.75) is 39.5 Å². The molecule has 0 bridgehead atoms. The highest BCUT2D eigenvalue weighted by Crippen LogP contribution is 2.03. The zero-order valence-corrected chi connectivity index (χ0v) is 13.7. The first-order valence-corrected chi connectivity index (χ1v) is 6.99. The second kappa shape index (κ2) is 19.1. The molecular formula is C16H28O6. The highest BCUT2D eigenvalue weighted by atomic mass is 16.4. The number of aliphatic hydroxyl groups excluding tert-OH is 2. The molecule has 1 rings (SSSR count). The molecule has 1 aromatic carbocycles.